The van der Waals surface area contributed by atoms with Crippen molar-refractivity contribution in [3.8, 4) is 22.3 Å². The van der Waals surface area contributed by atoms with Gasteiger partial charge in [0.1, 0.15) is 0 Å². The van der Waals surface area contributed by atoms with Gasteiger partial charge in [0.25, 0.3) is 0 Å². The van der Waals surface area contributed by atoms with Crippen molar-refractivity contribution >= 4 is 61.2 Å². The Morgan fingerprint density at radius 3 is 1.77 bits per heavy atom. The number of thiophene rings is 1. The van der Waals surface area contributed by atoms with Gasteiger partial charge in [-0.15, -0.1) is 11.3 Å². The van der Waals surface area contributed by atoms with Crippen molar-refractivity contribution in [1.82, 2.24) is 0 Å². The predicted molar refractivity (Wildman–Crippen MR) is 201 cm³/mol. The molecule has 1 aromatic heterocycles. The predicted octanol–water partition coefficient (Wildman–Crippen LogP) is 11.2. The van der Waals surface area contributed by atoms with Gasteiger partial charge < -0.3 is 14.2 Å². The summed E-state index contributed by atoms with van der Waals surface area (Å²) in [5.41, 5.74) is 8.22. The second kappa shape index (κ2) is 11.5. The van der Waals surface area contributed by atoms with E-state index in [1.165, 1.54) is 31.3 Å². The molecular weight excluding hydrogens is 593 g/mol. The standard InChI is InChI=1S/C42H36BNO2S/c1-41(2)42(3,4)46-43(45-41)38-24-13-11-22-34(38)29-16-15-17-30(26-29)36-27-33(28-37-35-23-12-14-25-39(35)47-40(36)37)44(31-18-7-5-8-19-31)32-20-9-6-10-21-32/h5-28H,1-4H3. The van der Waals surface area contributed by atoms with E-state index in [9.17, 15) is 0 Å². The van der Waals surface area contributed by atoms with Crippen LogP contribution < -0.4 is 10.4 Å². The summed E-state index contributed by atoms with van der Waals surface area (Å²) >= 11 is 1.86. The summed E-state index contributed by atoms with van der Waals surface area (Å²) in [6, 6.07) is 52.1. The van der Waals surface area contributed by atoms with Crippen LogP contribution in [-0.2, 0) is 9.31 Å². The maximum Gasteiger partial charge on any atom is 0.495 e. The number of fused-ring (bicyclic) bond motifs is 3. The first kappa shape index (κ1) is 29.7. The largest absolute Gasteiger partial charge is 0.495 e. The van der Waals surface area contributed by atoms with E-state index < -0.39 is 18.3 Å². The molecule has 47 heavy (non-hydrogen) atoms. The van der Waals surface area contributed by atoms with Crippen LogP contribution in [0.4, 0.5) is 17.1 Å². The van der Waals surface area contributed by atoms with E-state index in [1.807, 2.05) is 11.3 Å². The number of hydrogen-bond donors (Lipinski definition) is 0. The summed E-state index contributed by atoms with van der Waals surface area (Å²) in [5.74, 6) is 0. The normalized spacial score (nSPS) is 15.4. The lowest BCUT2D eigenvalue weighted by Gasteiger charge is -2.32. The summed E-state index contributed by atoms with van der Waals surface area (Å²) in [6.07, 6.45) is 0. The summed E-state index contributed by atoms with van der Waals surface area (Å²) in [4.78, 5) is 2.35. The highest BCUT2D eigenvalue weighted by Crippen LogP contribution is 2.46. The molecule has 3 nitrogen and oxygen atoms in total. The third kappa shape index (κ3) is 5.25. The van der Waals surface area contributed by atoms with Gasteiger partial charge in [-0.25, -0.2) is 0 Å². The maximum atomic E-state index is 6.52. The molecule has 1 saturated heterocycles. The van der Waals surface area contributed by atoms with E-state index in [-0.39, 0.29) is 0 Å². The molecule has 1 aliphatic rings. The molecule has 6 aromatic carbocycles. The van der Waals surface area contributed by atoms with Crippen molar-refractivity contribution in [2.24, 2.45) is 0 Å². The molecule has 7 aromatic rings. The van der Waals surface area contributed by atoms with Gasteiger partial charge in [-0.2, -0.15) is 0 Å². The molecule has 0 N–H and O–H groups in total. The average molecular weight is 630 g/mol. The van der Waals surface area contributed by atoms with E-state index in [0.717, 1.165) is 33.7 Å². The van der Waals surface area contributed by atoms with Gasteiger partial charge in [0.15, 0.2) is 0 Å². The lowest BCUT2D eigenvalue weighted by atomic mass is 9.74. The topological polar surface area (TPSA) is 21.7 Å². The molecule has 1 fully saturated rings. The van der Waals surface area contributed by atoms with Gasteiger partial charge in [-0.1, -0.05) is 97.1 Å². The first-order valence-electron chi connectivity index (χ1n) is 16.2. The van der Waals surface area contributed by atoms with Crippen LogP contribution in [0.5, 0.6) is 0 Å². The zero-order valence-corrected chi connectivity index (χ0v) is 27.9. The molecule has 5 heteroatoms. The zero-order valence-electron chi connectivity index (χ0n) is 27.1. The Balaban J connectivity index is 1.32. The Hall–Kier alpha value is -4.68. The van der Waals surface area contributed by atoms with E-state index in [0.29, 0.717) is 0 Å². The molecule has 0 spiro atoms. The van der Waals surface area contributed by atoms with Crippen LogP contribution in [0, 0.1) is 0 Å². The van der Waals surface area contributed by atoms with Crippen molar-refractivity contribution in [2.75, 3.05) is 4.90 Å². The Morgan fingerprint density at radius 2 is 1.09 bits per heavy atom. The maximum absolute atomic E-state index is 6.52. The third-order valence-electron chi connectivity index (χ3n) is 9.70. The minimum atomic E-state index is -0.442. The molecule has 1 aliphatic heterocycles. The number of rotatable bonds is 6. The molecule has 0 bridgehead atoms. The van der Waals surface area contributed by atoms with Crippen LogP contribution in [0.1, 0.15) is 27.7 Å². The first-order chi connectivity index (χ1) is 22.8. The second-order valence-electron chi connectivity index (χ2n) is 13.2. The summed E-state index contributed by atoms with van der Waals surface area (Å²) < 4.78 is 15.6. The fourth-order valence-corrected chi connectivity index (χ4v) is 7.77. The second-order valence-corrected chi connectivity index (χ2v) is 14.3. The lowest BCUT2D eigenvalue weighted by Crippen LogP contribution is -2.41. The quantitative estimate of drug-likeness (QED) is 0.171. The summed E-state index contributed by atoms with van der Waals surface area (Å²) in [5, 5.41) is 2.54. The fourth-order valence-electron chi connectivity index (χ4n) is 6.55. The molecular formula is C42H36BNO2S. The van der Waals surface area contributed by atoms with Crippen molar-refractivity contribution in [1.29, 1.82) is 0 Å². The minimum Gasteiger partial charge on any atom is -0.399 e. The highest BCUT2D eigenvalue weighted by Gasteiger charge is 2.52. The van der Waals surface area contributed by atoms with Gasteiger partial charge in [-0.05, 0) is 98.4 Å². The highest BCUT2D eigenvalue weighted by molar-refractivity contribution is 7.26. The highest BCUT2D eigenvalue weighted by atomic mass is 32.1. The van der Waals surface area contributed by atoms with Crippen LogP contribution in [-0.4, -0.2) is 18.3 Å². The van der Waals surface area contributed by atoms with Crippen molar-refractivity contribution < 1.29 is 9.31 Å². The molecule has 0 radical (unpaired) electrons. The number of para-hydroxylation sites is 2. The Labute approximate surface area is 281 Å². The van der Waals surface area contributed by atoms with Crippen LogP contribution >= 0.6 is 11.3 Å². The number of nitrogens with zero attached hydrogens (tertiary/aromatic N) is 1. The van der Waals surface area contributed by atoms with Crippen LogP contribution in [0.25, 0.3) is 42.4 Å². The van der Waals surface area contributed by atoms with E-state index in [4.69, 9.17) is 9.31 Å². The van der Waals surface area contributed by atoms with Crippen LogP contribution in [0.3, 0.4) is 0 Å². The molecule has 0 saturated carbocycles. The molecule has 0 amide bonds. The van der Waals surface area contributed by atoms with E-state index >= 15 is 0 Å². The van der Waals surface area contributed by atoms with Crippen molar-refractivity contribution in [2.45, 2.75) is 38.9 Å². The smallest absolute Gasteiger partial charge is 0.399 e. The molecule has 0 aliphatic carbocycles. The number of anilines is 3. The van der Waals surface area contributed by atoms with Gasteiger partial charge in [0.05, 0.1) is 11.2 Å². The van der Waals surface area contributed by atoms with Crippen molar-refractivity contribution in [3.05, 3.63) is 146 Å². The average Bonchev–Trinajstić information content (AvgIpc) is 3.57. The Bertz CT molecular complexity index is 2170. The minimum absolute atomic E-state index is 0.413. The molecule has 0 atom stereocenters. The molecule has 0 unspecified atom stereocenters. The summed E-state index contributed by atoms with van der Waals surface area (Å²) in [7, 11) is -0.442. The Kier molecular flexibility index (Phi) is 7.29. The number of hydrogen-bond acceptors (Lipinski definition) is 4. The van der Waals surface area contributed by atoms with Gasteiger partial charge in [-0.3, -0.25) is 0 Å². The first-order valence-corrected chi connectivity index (χ1v) is 17.0. The molecule has 8 rings (SSSR count). The summed E-state index contributed by atoms with van der Waals surface area (Å²) in [6.45, 7) is 8.42. The van der Waals surface area contributed by atoms with E-state index in [1.54, 1.807) is 0 Å². The molecule has 230 valence electrons. The van der Waals surface area contributed by atoms with Gasteiger partial charge in [0, 0.05) is 42.8 Å². The number of benzene rings is 6. The third-order valence-corrected chi connectivity index (χ3v) is 10.9. The van der Waals surface area contributed by atoms with E-state index in [2.05, 4.69) is 178 Å². The Morgan fingerprint density at radius 1 is 0.511 bits per heavy atom. The van der Waals surface area contributed by atoms with Gasteiger partial charge in [0.2, 0.25) is 0 Å². The molecule has 2 heterocycles. The SMILES string of the molecule is CC1(C)OB(c2ccccc2-c2cccc(-c3cc(N(c4ccccc4)c4ccccc4)cc4c3sc3ccccc34)c2)OC1(C)C. The van der Waals surface area contributed by atoms with Crippen LogP contribution in [0.15, 0.2) is 146 Å². The van der Waals surface area contributed by atoms with Crippen molar-refractivity contribution in [3.63, 3.8) is 0 Å². The van der Waals surface area contributed by atoms with Crippen LogP contribution in [0.2, 0.25) is 0 Å². The monoisotopic (exact) mass is 629 g/mol. The lowest BCUT2D eigenvalue weighted by molar-refractivity contribution is 0.00578. The zero-order chi connectivity index (χ0) is 32.2. The van der Waals surface area contributed by atoms with Gasteiger partial charge >= 0.3 is 7.12 Å². The fraction of sp³-hybridized carbons (Fsp3) is 0.143.